The third kappa shape index (κ3) is 4.04. The molecule has 1 aromatic heterocycles. The number of ether oxygens (including phenoxy) is 3. The van der Waals surface area contributed by atoms with Crippen molar-refractivity contribution in [3.05, 3.63) is 52.9 Å². The lowest BCUT2D eigenvalue weighted by molar-refractivity contribution is -0.126. The predicted octanol–water partition coefficient (Wildman–Crippen LogP) is 1.21. The van der Waals surface area contributed by atoms with Gasteiger partial charge in [-0.1, -0.05) is 6.07 Å². The van der Waals surface area contributed by atoms with Gasteiger partial charge in [0, 0.05) is 6.07 Å². The Morgan fingerprint density at radius 2 is 1.87 bits per heavy atom. The standard InChI is InChI=1S/C21H18N2O7/c22-19(24)9-23-20(25)11-29-13-2-3-14-17(8-13)30-10-15(21(14)26)12-1-4-16-18(7-12)28-6-5-27-16/h1-4,7-8,10H,5-6,9,11H2,(H2,22,24)(H,23,25). The molecule has 2 heterocycles. The maximum absolute atomic E-state index is 12.9. The van der Waals surface area contributed by atoms with Gasteiger partial charge in [0.1, 0.15) is 30.8 Å². The number of fused-ring (bicyclic) bond motifs is 2. The Balaban J connectivity index is 1.55. The largest absolute Gasteiger partial charge is 0.486 e. The number of hydrogen-bond acceptors (Lipinski definition) is 7. The lowest BCUT2D eigenvalue weighted by Gasteiger charge is -2.18. The first kappa shape index (κ1) is 19.3. The fourth-order valence-electron chi connectivity index (χ4n) is 2.99. The fourth-order valence-corrected chi connectivity index (χ4v) is 2.99. The van der Waals surface area contributed by atoms with Crippen LogP contribution in [0.3, 0.4) is 0 Å². The molecule has 0 bridgehead atoms. The van der Waals surface area contributed by atoms with Crippen LogP contribution in [0.15, 0.2) is 51.9 Å². The SMILES string of the molecule is NC(=O)CNC(=O)COc1ccc2c(=O)c(-c3ccc4c(c3)OCCO4)coc2c1. The minimum Gasteiger partial charge on any atom is -0.486 e. The Kier molecular flexibility index (Phi) is 5.25. The third-order valence-corrected chi connectivity index (χ3v) is 4.43. The molecule has 9 heteroatoms. The average molecular weight is 410 g/mol. The highest BCUT2D eigenvalue weighted by Gasteiger charge is 2.16. The van der Waals surface area contributed by atoms with Crippen molar-refractivity contribution < 1.29 is 28.2 Å². The summed E-state index contributed by atoms with van der Waals surface area (Å²) in [5.74, 6) is 0.411. The van der Waals surface area contributed by atoms with E-state index in [2.05, 4.69) is 5.32 Å². The molecule has 30 heavy (non-hydrogen) atoms. The number of rotatable bonds is 6. The first-order chi connectivity index (χ1) is 14.5. The summed E-state index contributed by atoms with van der Waals surface area (Å²) in [4.78, 5) is 35.2. The van der Waals surface area contributed by atoms with Gasteiger partial charge in [0.25, 0.3) is 5.91 Å². The summed E-state index contributed by atoms with van der Waals surface area (Å²) in [6.07, 6.45) is 1.37. The van der Waals surface area contributed by atoms with E-state index in [1.807, 2.05) is 0 Å². The van der Waals surface area contributed by atoms with E-state index in [1.54, 1.807) is 30.3 Å². The zero-order valence-electron chi connectivity index (χ0n) is 15.8. The van der Waals surface area contributed by atoms with Gasteiger partial charge in [-0.2, -0.15) is 0 Å². The van der Waals surface area contributed by atoms with Crippen molar-refractivity contribution in [2.45, 2.75) is 0 Å². The smallest absolute Gasteiger partial charge is 0.258 e. The Morgan fingerprint density at radius 1 is 1.07 bits per heavy atom. The van der Waals surface area contributed by atoms with E-state index in [-0.39, 0.29) is 18.6 Å². The molecule has 154 valence electrons. The molecule has 1 aliphatic heterocycles. The molecular formula is C21H18N2O7. The van der Waals surface area contributed by atoms with Gasteiger partial charge in [-0.05, 0) is 29.8 Å². The number of nitrogens with one attached hydrogen (secondary N) is 1. The van der Waals surface area contributed by atoms with Crippen molar-refractivity contribution in [1.82, 2.24) is 5.32 Å². The van der Waals surface area contributed by atoms with Gasteiger partial charge >= 0.3 is 0 Å². The van der Waals surface area contributed by atoms with Crippen LogP contribution in [0, 0.1) is 0 Å². The number of carbonyl (C=O) groups is 2. The topological polar surface area (TPSA) is 130 Å². The molecule has 3 aromatic rings. The van der Waals surface area contributed by atoms with E-state index in [0.717, 1.165) is 0 Å². The van der Waals surface area contributed by atoms with Gasteiger partial charge < -0.3 is 29.7 Å². The minimum absolute atomic E-state index is 0.210. The predicted molar refractivity (Wildman–Crippen MR) is 107 cm³/mol. The Bertz CT molecular complexity index is 1190. The molecular weight excluding hydrogens is 392 g/mol. The van der Waals surface area contributed by atoms with Crippen LogP contribution >= 0.6 is 0 Å². The first-order valence-electron chi connectivity index (χ1n) is 9.14. The molecule has 0 saturated carbocycles. The molecule has 0 aliphatic carbocycles. The second-order valence-electron chi connectivity index (χ2n) is 6.53. The minimum atomic E-state index is -0.648. The first-order valence-corrected chi connectivity index (χ1v) is 9.14. The van der Waals surface area contributed by atoms with Crippen molar-refractivity contribution in [2.24, 2.45) is 5.73 Å². The Morgan fingerprint density at radius 3 is 2.67 bits per heavy atom. The summed E-state index contributed by atoms with van der Waals surface area (Å²) < 4.78 is 22.1. The Labute approximate surface area is 170 Å². The summed E-state index contributed by atoms with van der Waals surface area (Å²) >= 11 is 0. The number of nitrogens with two attached hydrogens (primary N) is 1. The van der Waals surface area contributed by atoms with Crippen molar-refractivity contribution in [1.29, 1.82) is 0 Å². The van der Waals surface area contributed by atoms with Gasteiger partial charge in [0.2, 0.25) is 5.91 Å². The van der Waals surface area contributed by atoms with Crippen LogP contribution in [0.25, 0.3) is 22.1 Å². The molecule has 0 saturated heterocycles. The van der Waals surface area contributed by atoms with Crippen LogP contribution in [0.1, 0.15) is 0 Å². The molecule has 2 amide bonds. The molecule has 0 radical (unpaired) electrons. The highest BCUT2D eigenvalue weighted by Crippen LogP contribution is 2.34. The second kappa shape index (κ2) is 8.16. The van der Waals surface area contributed by atoms with Crippen molar-refractivity contribution in [2.75, 3.05) is 26.4 Å². The van der Waals surface area contributed by atoms with Crippen LogP contribution < -0.4 is 30.7 Å². The van der Waals surface area contributed by atoms with E-state index in [1.165, 1.54) is 12.3 Å². The van der Waals surface area contributed by atoms with Gasteiger partial charge in [0.15, 0.2) is 23.5 Å². The number of primary amides is 1. The van der Waals surface area contributed by atoms with Crippen LogP contribution in [0.2, 0.25) is 0 Å². The van der Waals surface area contributed by atoms with Gasteiger partial charge in [-0.25, -0.2) is 0 Å². The van der Waals surface area contributed by atoms with Crippen molar-refractivity contribution in [3.8, 4) is 28.4 Å². The van der Waals surface area contributed by atoms with Crippen molar-refractivity contribution >= 4 is 22.8 Å². The zero-order chi connectivity index (χ0) is 21.1. The summed E-state index contributed by atoms with van der Waals surface area (Å²) in [5.41, 5.74) is 6.11. The van der Waals surface area contributed by atoms with Crippen LogP contribution in [-0.4, -0.2) is 38.2 Å². The third-order valence-electron chi connectivity index (χ3n) is 4.43. The van der Waals surface area contributed by atoms with Gasteiger partial charge in [0.05, 0.1) is 17.5 Å². The van der Waals surface area contributed by atoms with Crippen LogP contribution in [-0.2, 0) is 9.59 Å². The summed E-state index contributed by atoms with van der Waals surface area (Å²) in [5, 5.41) is 2.68. The Hall–Kier alpha value is -4.01. The second-order valence-corrected chi connectivity index (χ2v) is 6.53. The average Bonchev–Trinajstić information content (AvgIpc) is 2.76. The lowest BCUT2D eigenvalue weighted by atomic mass is 10.0. The van der Waals surface area contributed by atoms with E-state index in [9.17, 15) is 14.4 Å². The van der Waals surface area contributed by atoms with Crippen LogP contribution in [0.4, 0.5) is 0 Å². The van der Waals surface area contributed by atoms with Gasteiger partial charge in [-0.3, -0.25) is 14.4 Å². The molecule has 2 aromatic carbocycles. The summed E-state index contributed by atoms with van der Waals surface area (Å²) in [7, 11) is 0. The monoisotopic (exact) mass is 410 g/mol. The summed E-state index contributed by atoms with van der Waals surface area (Å²) in [6, 6.07) is 9.93. The molecule has 4 rings (SSSR count). The summed E-state index contributed by atoms with van der Waals surface area (Å²) in [6.45, 7) is 0.365. The quantitative estimate of drug-likeness (QED) is 0.625. The normalized spacial score (nSPS) is 12.4. The molecule has 9 nitrogen and oxygen atoms in total. The maximum Gasteiger partial charge on any atom is 0.258 e. The highest BCUT2D eigenvalue weighted by molar-refractivity contribution is 5.85. The van der Waals surface area contributed by atoms with Crippen LogP contribution in [0.5, 0.6) is 17.2 Å². The molecule has 3 N–H and O–H groups in total. The van der Waals surface area contributed by atoms with Crippen molar-refractivity contribution in [3.63, 3.8) is 0 Å². The van der Waals surface area contributed by atoms with E-state index in [0.29, 0.717) is 52.6 Å². The zero-order valence-corrected chi connectivity index (χ0v) is 15.8. The molecule has 0 atom stereocenters. The highest BCUT2D eigenvalue weighted by atomic mass is 16.6. The molecule has 0 unspecified atom stereocenters. The number of hydrogen-bond donors (Lipinski definition) is 2. The fraction of sp³-hybridized carbons (Fsp3) is 0.190. The molecule has 0 fully saturated rings. The van der Waals surface area contributed by atoms with Gasteiger partial charge in [-0.15, -0.1) is 0 Å². The number of amides is 2. The number of carbonyl (C=O) groups excluding carboxylic acids is 2. The van der Waals surface area contributed by atoms with E-state index < -0.39 is 11.8 Å². The molecule has 1 aliphatic rings. The lowest BCUT2D eigenvalue weighted by Crippen LogP contribution is -2.36. The van der Waals surface area contributed by atoms with E-state index in [4.69, 9.17) is 24.4 Å². The number of benzene rings is 2. The molecule has 0 spiro atoms. The van der Waals surface area contributed by atoms with E-state index >= 15 is 0 Å². The maximum atomic E-state index is 12.9.